The Bertz CT molecular complexity index is 1580. The molecular formula is C32H31F6N5. The zero-order valence-electron chi connectivity index (χ0n) is 23.3. The number of halogens is 6. The normalized spacial score (nSPS) is 19.8. The second-order valence-electron chi connectivity index (χ2n) is 11.4. The molecule has 0 radical (unpaired) electrons. The molecule has 1 aliphatic heterocycles. The van der Waals surface area contributed by atoms with Crippen molar-refractivity contribution in [3.63, 3.8) is 0 Å². The Labute approximate surface area is 245 Å². The quantitative estimate of drug-likeness (QED) is 0.225. The Morgan fingerprint density at radius 2 is 1.60 bits per heavy atom. The second-order valence-corrected chi connectivity index (χ2v) is 11.4. The number of nitrogens with zero attached hydrogens (tertiary/aromatic N) is 4. The van der Waals surface area contributed by atoms with Crippen LogP contribution in [0.2, 0.25) is 0 Å². The first-order valence-corrected chi connectivity index (χ1v) is 14.6. The third-order valence-electron chi connectivity index (χ3n) is 8.59. The average molecular weight is 600 g/mol. The molecule has 2 aliphatic rings. The molecule has 226 valence electrons. The van der Waals surface area contributed by atoms with Crippen molar-refractivity contribution in [1.29, 1.82) is 0 Å². The molecule has 6 rings (SSSR count). The molecule has 2 atom stereocenters. The SMILES string of the molecule is FC(F)(F)c1ccc(Nc2nc(CCN3CCCC4CCCCC43)nc3cc(-c4ncccc4C(F)(F)F)ccc23)cc1. The Balaban J connectivity index is 1.36. The Kier molecular flexibility index (Phi) is 8.02. The van der Waals surface area contributed by atoms with Gasteiger partial charge in [0.1, 0.15) is 11.6 Å². The fourth-order valence-electron chi connectivity index (χ4n) is 6.52. The van der Waals surface area contributed by atoms with Crippen LogP contribution in [0.3, 0.4) is 0 Å². The van der Waals surface area contributed by atoms with Crippen LogP contribution in [0.15, 0.2) is 60.8 Å². The van der Waals surface area contributed by atoms with Gasteiger partial charge < -0.3 is 5.32 Å². The number of piperidine rings is 1. The number of fused-ring (bicyclic) bond motifs is 2. The molecule has 2 aromatic heterocycles. The topological polar surface area (TPSA) is 53.9 Å². The van der Waals surface area contributed by atoms with E-state index in [1.807, 2.05) is 0 Å². The van der Waals surface area contributed by atoms with Crippen LogP contribution in [-0.4, -0.2) is 39.0 Å². The summed E-state index contributed by atoms with van der Waals surface area (Å²) in [5.74, 6) is 1.59. The standard InChI is InChI=1S/C32H31F6N5/c33-31(34,35)22-10-12-23(13-11-22)40-30-24-14-9-21(29-25(32(36,37)38)7-3-16-39-29)19-26(24)41-28(42-30)15-18-43-17-4-6-20-5-1-2-8-27(20)43/h3,7,9-14,16,19-20,27H,1-2,4-6,8,15,17-18H2,(H,40,41,42). The Hall–Kier alpha value is -3.73. The molecule has 0 spiro atoms. The van der Waals surface area contributed by atoms with E-state index in [1.54, 1.807) is 12.1 Å². The van der Waals surface area contributed by atoms with Crippen LogP contribution in [0.5, 0.6) is 0 Å². The molecule has 0 bridgehead atoms. The lowest BCUT2D eigenvalue weighted by Crippen LogP contribution is -2.47. The van der Waals surface area contributed by atoms with Crippen LogP contribution >= 0.6 is 0 Å². The molecule has 2 fully saturated rings. The lowest BCUT2D eigenvalue weighted by atomic mass is 9.78. The Morgan fingerprint density at radius 1 is 0.837 bits per heavy atom. The fourth-order valence-corrected chi connectivity index (χ4v) is 6.52. The number of pyridine rings is 1. The van der Waals surface area contributed by atoms with E-state index in [4.69, 9.17) is 9.97 Å². The van der Waals surface area contributed by atoms with Crippen molar-refractivity contribution in [3.05, 3.63) is 77.7 Å². The van der Waals surface area contributed by atoms with Crippen LogP contribution in [-0.2, 0) is 18.8 Å². The van der Waals surface area contributed by atoms with Crippen molar-refractivity contribution < 1.29 is 26.3 Å². The molecule has 1 saturated carbocycles. The first kappa shape index (κ1) is 29.3. The fraction of sp³-hybridized carbons (Fsp3) is 0.406. The van der Waals surface area contributed by atoms with Gasteiger partial charge in [-0.2, -0.15) is 26.3 Å². The molecule has 0 amide bonds. The summed E-state index contributed by atoms with van der Waals surface area (Å²) < 4.78 is 80.6. The van der Waals surface area contributed by atoms with Crippen molar-refractivity contribution in [2.45, 2.75) is 63.3 Å². The minimum Gasteiger partial charge on any atom is -0.340 e. The van der Waals surface area contributed by atoms with E-state index in [9.17, 15) is 26.3 Å². The number of hydrogen-bond acceptors (Lipinski definition) is 5. The molecule has 43 heavy (non-hydrogen) atoms. The molecule has 3 heterocycles. The number of hydrogen-bond donors (Lipinski definition) is 1. The van der Waals surface area contributed by atoms with Crippen LogP contribution < -0.4 is 5.32 Å². The highest BCUT2D eigenvalue weighted by Gasteiger charge is 2.35. The van der Waals surface area contributed by atoms with Crippen molar-refractivity contribution in [2.24, 2.45) is 5.92 Å². The second kappa shape index (κ2) is 11.7. The van der Waals surface area contributed by atoms with Gasteiger partial charge in [0.15, 0.2) is 0 Å². The van der Waals surface area contributed by atoms with Gasteiger partial charge in [-0.1, -0.05) is 18.9 Å². The van der Waals surface area contributed by atoms with Gasteiger partial charge in [-0.15, -0.1) is 0 Å². The maximum atomic E-state index is 13.8. The van der Waals surface area contributed by atoms with Crippen LogP contribution in [0.4, 0.5) is 37.8 Å². The van der Waals surface area contributed by atoms with Crippen molar-refractivity contribution >= 4 is 22.4 Å². The lowest BCUT2D eigenvalue weighted by Gasteiger charge is -2.44. The van der Waals surface area contributed by atoms with E-state index < -0.39 is 23.5 Å². The molecule has 4 aromatic rings. The minimum atomic E-state index is -4.59. The first-order chi connectivity index (χ1) is 20.6. The van der Waals surface area contributed by atoms with E-state index >= 15 is 0 Å². The summed E-state index contributed by atoms with van der Waals surface area (Å²) in [5.41, 5.74) is -0.746. The van der Waals surface area contributed by atoms with Gasteiger partial charge in [0, 0.05) is 41.8 Å². The number of likely N-dealkylation sites (tertiary alicyclic amines) is 1. The molecule has 5 nitrogen and oxygen atoms in total. The van der Waals surface area contributed by atoms with Crippen LogP contribution in [0.1, 0.15) is 55.5 Å². The smallest absolute Gasteiger partial charge is 0.340 e. The predicted molar refractivity (Wildman–Crippen MR) is 153 cm³/mol. The zero-order valence-corrected chi connectivity index (χ0v) is 23.3. The van der Waals surface area contributed by atoms with E-state index in [0.717, 1.165) is 37.7 Å². The molecule has 11 heteroatoms. The number of aromatic nitrogens is 3. The Morgan fingerprint density at radius 3 is 2.37 bits per heavy atom. The summed E-state index contributed by atoms with van der Waals surface area (Å²) in [6.45, 7) is 1.76. The maximum Gasteiger partial charge on any atom is 0.418 e. The third kappa shape index (κ3) is 6.46. The average Bonchev–Trinajstić information content (AvgIpc) is 2.99. The van der Waals surface area contributed by atoms with Crippen LogP contribution in [0.25, 0.3) is 22.2 Å². The summed E-state index contributed by atoms with van der Waals surface area (Å²) >= 11 is 0. The number of benzene rings is 2. The van der Waals surface area contributed by atoms with E-state index in [0.29, 0.717) is 46.6 Å². The van der Waals surface area contributed by atoms with E-state index in [1.165, 1.54) is 62.6 Å². The van der Waals surface area contributed by atoms with Crippen molar-refractivity contribution in [3.8, 4) is 11.3 Å². The van der Waals surface area contributed by atoms with Crippen LogP contribution in [0, 0.1) is 5.92 Å². The molecule has 1 saturated heterocycles. The monoisotopic (exact) mass is 599 g/mol. The van der Waals surface area contributed by atoms with Gasteiger partial charge in [0.25, 0.3) is 0 Å². The van der Waals surface area contributed by atoms with Crippen molar-refractivity contribution in [1.82, 2.24) is 19.9 Å². The molecule has 1 aliphatic carbocycles. The molecule has 2 unspecified atom stereocenters. The van der Waals surface area contributed by atoms with Crippen molar-refractivity contribution in [2.75, 3.05) is 18.4 Å². The van der Waals surface area contributed by atoms with Gasteiger partial charge in [0.2, 0.25) is 0 Å². The molecule has 1 N–H and O–H groups in total. The van der Waals surface area contributed by atoms with Gasteiger partial charge in [0.05, 0.1) is 22.3 Å². The predicted octanol–water partition coefficient (Wildman–Crippen LogP) is 8.67. The molecule has 2 aromatic carbocycles. The largest absolute Gasteiger partial charge is 0.418 e. The summed E-state index contributed by atoms with van der Waals surface area (Å²) in [6.07, 6.45) is 0.131. The number of alkyl halides is 6. The van der Waals surface area contributed by atoms with Gasteiger partial charge in [-0.05, 0) is 86.7 Å². The zero-order chi connectivity index (χ0) is 30.2. The number of rotatable bonds is 6. The highest BCUT2D eigenvalue weighted by Crippen LogP contribution is 2.38. The summed E-state index contributed by atoms with van der Waals surface area (Å²) in [6, 6.07) is 12.1. The lowest BCUT2D eigenvalue weighted by molar-refractivity contribution is -0.138. The summed E-state index contributed by atoms with van der Waals surface area (Å²) in [5, 5.41) is 3.65. The summed E-state index contributed by atoms with van der Waals surface area (Å²) in [4.78, 5) is 16.0. The van der Waals surface area contributed by atoms with Gasteiger partial charge >= 0.3 is 12.4 Å². The third-order valence-corrected chi connectivity index (χ3v) is 8.59. The van der Waals surface area contributed by atoms with E-state index in [2.05, 4.69) is 15.2 Å². The van der Waals surface area contributed by atoms with Gasteiger partial charge in [-0.3, -0.25) is 9.88 Å². The van der Waals surface area contributed by atoms with E-state index in [-0.39, 0.29) is 11.3 Å². The highest BCUT2D eigenvalue weighted by molar-refractivity contribution is 5.93. The number of nitrogens with one attached hydrogen (secondary N) is 1. The first-order valence-electron chi connectivity index (χ1n) is 14.6. The molecular weight excluding hydrogens is 568 g/mol. The minimum absolute atomic E-state index is 0.203. The maximum absolute atomic E-state index is 13.8. The number of anilines is 2. The summed E-state index contributed by atoms with van der Waals surface area (Å²) in [7, 11) is 0. The highest BCUT2D eigenvalue weighted by atomic mass is 19.4. The van der Waals surface area contributed by atoms with Gasteiger partial charge in [-0.25, -0.2) is 9.97 Å².